The van der Waals surface area contributed by atoms with Gasteiger partial charge in [0.2, 0.25) is 0 Å². The predicted octanol–water partition coefficient (Wildman–Crippen LogP) is 2.89. The Hall–Kier alpha value is -1.10. The Kier molecular flexibility index (Phi) is 12.5. The molecule has 1 aromatic rings. The highest BCUT2D eigenvalue weighted by molar-refractivity contribution is 14.0. The third-order valence-electron chi connectivity index (χ3n) is 5.91. The lowest BCUT2D eigenvalue weighted by atomic mass is 9.96. The van der Waals surface area contributed by atoms with Gasteiger partial charge in [-0.05, 0) is 62.4 Å². The van der Waals surface area contributed by atoms with Crippen LogP contribution >= 0.6 is 24.0 Å². The summed E-state index contributed by atoms with van der Waals surface area (Å²) >= 11 is 0. The maximum atomic E-state index is 5.80. The maximum Gasteiger partial charge on any atom is 0.190 e. The minimum Gasteiger partial charge on any atom is -0.497 e. The highest BCUT2D eigenvalue weighted by atomic mass is 127. The molecule has 31 heavy (non-hydrogen) atoms. The molecule has 8 heteroatoms. The van der Waals surface area contributed by atoms with E-state index < -0.39 is 0 Å². The van der Waals surface area contributed by atoms with Crippen molar-refractivity contribution >= 4 is 29.9 Å². The molecule has 0 radical (unpaired) electrons. The lowest BCUT2D eigenvalue weighted by Gasteiger charge is -2.32. The summed E-state index contributed by atoms with van der Waals surface area (Å²) < 4.78 is 16.4. The minimum atomic E-state index is 0. The average molecular weight is 546 g/mol. The third kappa shape index (κ3) is 9.51. The molecule has 0 bridgehead atoms. The Morgan fingerprint density at radius 3 is 2.58 bits per heavy atom. The number of rotatable bonds is 10. The number of piperidine rings is 1. The molecule has 0 aliphatic carbocycles. The van der Waals surface area contributed by atoms with Crippen LogP contribution in [0.2, 0.25) is 0 Å². The van der Waals surface area contributed by atoms with Gasteiger partial charge >= 0.3 is 0 Å². The molecule has 2 saturated heterocycles. The van der Waals surface area contributed by atoms with Crippen molar-refractivity contribution in [1.29, 1.82) is 0 Å². The minimum absolute atomic E-state index is 0. The van der Waals surface area contributed by atoms with Crippen molar-refractivity contribution in [2.45, 2.75) is 38.3 Å². The normalized spacial score (nSPS) is 20.3. The van der Waals surface area contributed by atoms with Gasteiger partial charge in [0, 0.05) is 39.9 Å². The van der Waals surface area contributed by atoms with E-state index in [2.05, 4.69) is 32.7 Å². The first kappa shape index (κ1) is 26.2. The molecule has 2 fully saturated rings. The Morgan fingerprint density at radius 1 is 1.16 bits per heavy atom. The predicted molar refractivity (Wildman–Crippen MR) is 136 cm³/mol. The quantitative estimate of drug-likeness (QED) is 0.204. The lowest BCUT2D eigenvalue weighted by Crippen LogP contribution is -2.43. The third-order valence-corrected chi connectivity index (χ3v) is 5.91. The van der Waals surface area contributed by atoms with Crippen LogP contribution in [0.1, 0.15) is 31.2 Å². The zero-order valence-corrected chi connectivity index (χ0v) is 21.3. The summed E-state index contributed by atoms with van der Waals surface area (Å²) in [4.78, 5) is 6.89. The van der Waals surface area contributed by atoms with Gasteiger partial charge in [0.15, 0.2) is 5.96 Å². The Morgan fingerprint density at radius 2 is 1.94 bits per heavy atom. The van der Waals surface area contributed by atoms with Crippen molar-refractivity contribution in [2.24, 2.45) is 10.9 Å². The fourth-order valence-corrected chi connectivity index (χ4v) is 3.97. The van der Waals surface area contributed by atoms with Gasteiger partial charge in [-0.2, -0.15) is 0 Å². The molecule has 3 rings (SSSR count). The molecule has 2 N–H and O–H groups in total. The Labute approximate surface area is 204 Å². The second kappa shape index (κ2) is 14.9. The van der Waals surface area contributed by atoms with E-state index in [9.17, 15) is 0 Å². The van der Waals surface area contributed by atoms with Gasteiger partial charge < -0.3 is 24.8 Å². The summed E-state index contributed by atoms with van der Waals surface area (Å²) in [5.74, 6) is 2.50. The molecular formula is C23H39IN4O3. The van der Waals surface area contributed by atoms with Crippen LogP contribution in [-0.4, -0.2) is 77.1 Å². The van der Waals surface area contributed by atoms with E-state index in [1.165, 1.54) is 18.4 Å². The van der Waals surface area contributed by atoms with E-state index in [0.717, 1.165) is 77.1 Å². The standard InChI is InChI=1S/C23H38N4O3.HI/c1-24-23(25-11-3-14-30-22-10-15-29-18-22)26-16-19-8-12-27(13-9-19)17-20-4-6-21(28-2)7-5-20;/h4-7,19,22H,3,8-18H2,1-2H3,(H2,24,25,26);1H. The van der Waals surface area contributed by atoms with Crippen LogP contribution in [0.5, 0.6) is 5.75 Å². The van der Waals surface area contributed by atoms with Crippen LogP contribution in [0.3, 0.4) is 0 Å². The second-order valence-electron chi connectivity index (χ2n) is 8.16. The molecule has 1 unspecified atom stereocenters. The van der Waals surface area contributed by atoms with E-state index in [4.69, 9.17) is 14.2 Å². The highest BCUT2D eigenvalue weighted by Gasteiger charge is 2.19. The van der Waals surface area contributed by atoms with Gasteiger partial charge in [-0.25, -0.2) is 0 Å². The molecule has 0 spiro atoms. The van der Waals surface area contributed by atoms with Gasteiger partial charge in [0.1, 0.15) is 5.75 Å². The second-order valence-corrected chi connectivity index (χ2v) is 8.16. The average Bonchev–Trinajstić information content (AvgIpc) is 3.31. The molecule has 0 aromatic heterocycles. The number of hydrogen-bond donors (Lipinski definition) is 2. The summed E-state index contributed by atoms with van der Waals surface area (Å²) in [6.07, 6.45) is 4.73. The van der Waals surface area contributed by atoms with E-state index >= 15 is 0 Å². The van der Waals surface area contributed by atoms with Crippen molar-refractivity contribution < 1.29 is 14.2 Å². The van der Waals surface area contributed by atoms with Gasteiger partial charge in [0.05, 0.1) is 19.8 Å². The molecule has 0 saturated carbocycles. The zero-order chi connectivity index (χ0) is 21.0. The number of ether oxygens (including phenoxy) is 3. The van der Waals surface area contributed by atoms with Gasteiger partial charge in [-0.3, -0.25) is 9.89 Å². The monoisotopic (exact) mass is 546 g/mol. The van der Waals surface area contributed by atoms with Crippen LogP contribution < -0.4 is 15.4 Å². The lowest BCUT2D eigenvalue weighted by molar-refractivity contribution is 0.0420. The number of hydrogen-bond acceptors (Lipinski definition) is 5. The molecule has 176 valence electrons. The van der Waals surface area contributed by atoms with Gasteiger partial charge in [0.25, 0.3) is 0 Å². The van der Waals surface area contributed by atoms with E-state index in [-0.39, 0.29) is 30.1 Å². The number of benzene rings is 1. The summed E-state index contributed by atoms with van der Waals surface area (Å²) in [7, 11) is 3.54. The molecule has 2 heterocycles. The number of nitrogens with one attached hydrogen (secondary N) is 2. The van der Waals surface area contributed by atoms with Crippen molar-refractivity contribution in [3.8, 4) is 5.75 Å². The number of methoxy groups -OCH3 is 1. The number of nitrogens with zero attached hydrogens (tertiary/aromatic N) is 2. The van der Waals surface area contributed by atoms with Crippen LogP contribution in [0.15, 0.2) is 29.3 Å². The topological polar surface area (TPSA) is 67.4 Å². The van der Waals surface area contributed by atoms with E-state index in [0.29, 0.717) is 5.92 Å². The van der Waals surface area contributed by atoms with Crippen LogP contribution in [0, 0.1) is 5.92 Å². The summed E-state index contributed by atoms with van der Waals surface area (Å²) in [5, 5.41) is 6.89. The fourth-order valence-electron chi connectivity index (χ4n) is 3.97. The first-order chi connectivity index (χ1) is 14.8. The van der Waals surface area contributed by atoms with Crippen LogP contribution in [-0.2, 0) is 16.0 Å². The molecule has 7 nitrogen and oxygen atoms in total. The summed E-state index contributed by atoms with van der Waals surface area (Å²) in [6.45, 7) is 7.50. The fraction of sp³-hybridized carbons (Fsp3) is 0.696. The number of likely N-dealkylation sites (tertiary alicyclic amines) is 1. The van der Waals surface area contributed by atoms with Crippen molar-refractivity contribution in [3.63, 3.8) is 0 Å². The Bertz CT molecular complexity index is 630. The van der Waals surface area contributed by atoms with Crippen molar-refractivity contribution in [2.75, 3.05) is 60.2 Å². The molecule has 2 aliphatic rings. The molecular weight excluding hydrogens is 507 g/mol. The van der Waals surface area contributed by atoms with Gasteiger partial charge in [-0.1, -0.05) is 12.1 Å². The highest BCUT2D eigenvalue weighted by Crippen LogP contribution is 2.19. The van der Waals surface area contributed by atoms with Crippen LogP contribution in [0.25, 0.3) is 0 Å². The largest absolute Gasteiger partial charge is 0.497 e. The number of halogens is 1. The SMILES string of the molecule is CN=C(NCCCOC1CCOC1)NCC1CCN(Cc2ccc(OC)cc2)CC1.I. The number of guanidine groups is 1. The Balaban J connectivity index is 0.00000341. The first-order valence-corrected chi connectivity index (χ1v) is 11.3. The van der Waals surface area contributed by atoms with E-state index in [1.54, 1.807) is 7.11 Å². The molecule has 1 atom stereocenters. The maximum absolute atomic E-state index is 5.80. The summed E-state index contributed by atoms with van der Waals surface area (Å²) in [5.41, 5.74) is 1.35. The molecule has 2 aliphatic heterocycles. The van der Waals surface area contributed by atoms with E-state index in [1.807, 2.05) is 19.2 Å². The first-order valence-electron chi connectivity index (χ1n) is 11.3. The smallest absolute Gasteiger partial charge is 0.190 e. The summed E-state index contributed by atoms with van der Waals surface area (Å²) in [6, 6.07) is 8.41. The van der Waals surface area contributed by atoms with Crippen molar-refractivity contribution in [1.82, 2.24) is 15.5 Å². The zero-order valence-electron chi connectivity index (χ0n) is 19.0. The molecule has 0 amide bonds. The van der Waals surface area contributed by atoms with Crippen LogP contribution in [0.4, 0.5) is 0 Å². The molecule has 1 aromatic carbocycles. The van der Waals surface area contributed by atoms with Crippen molar-refractivity contribution in [3.05, 3.63) is 29.8 Å². The van der Waals surface area contributed by atoms with Gasteiger partial charge in [-0.15, -0.1) is 24.0 Å². The number of aliphatic imine (C=N–C) groups is 1.